The number of halogens is 1. The lowest BCUT2D eigenvalue weighted by atomic mass is 10.0. The van der Waals surface area contributed by atoms with Crippen molar-refractivity contribution in [2.75, 3.05) is 0 Å². The number of primary amides is 1. The molecule has 0 fully saturated rings. The highest BCUT2D eigenvalue weighted by molar-refractivity contribution is 7.12. The Bertz CT molecular complexity index is 720. The number of benzene rings is 1. The van der Waals surface area contributed by atoms with Crippen LogP contribution in [0.25, 0.3) is 0 Å². The van der Waals surface area contributed by atoms with Gasteiger partial charge >= 0.3 is 6.03 Å². The van der Waals surface area contributed by atoms with Gasteiger partial charge in [-0.15, -0.1) is 17.8 Å². The van der Waals surface area contributed by atoms with E-state index >= 15 is 0 Å². The fourth-order valence-corrected chi connectivity index (χ4v) is 3.13. The van der Waals surface area contributed by atoms with Gasteiger partial charge in [0.1, 0.15) is 5.82 Å². The second-order valence-corrected chi connectivity index (χ2v) is 6.10. The van der Waals surface area contributed by atoms with Crippen molar-refractivity contribution < 1.29 is 14.4 Å². The molecule has 114 valence electrons. The van der Waals surface area contributed by atoms with E-state index in [0.29, 0.717) is 16.4 Å². The first kappa shape index (κ1) is 16.0. The van der Waals surface area contributed by atoms with Gasteiger partial charge in [-0.05, 0) is 36.8 Å². The first-order chi connectivity index (χ1) is 10.4. The summed E-state index contributed by atoms with van der Waals surface area (Å²) in [6, 6.07) is 8.79. The summed E-state index contributed by atoms with van der Waals surface area (Å²) in [7, 11) is 0. The van der Waals surface area contributed by atoms with Gasteiger partial charge in [0.25, 0.3) is 0 Å². The van der Waals surface area contributed by atoms with Crippen LogP contribution in [-0.4, -0.2) is 16.3 Å². The number of hydrogen-bond acceptors (Lipinski definition) is 3. The number of nitrogens with zero attached hydrogens (tertiary/aromatic N) is 1. The van der Waals surface area contributed by atoms with E-state index in [2.05, 4.69) is 5.92 Å². The normalized spacial score (nSPS) is 13.2. The van der Waals surface area contributed by atoms with Crippen LogP contribution in [0.2, 0.25) is 0 Å². The standard InChI is InChI=1S/C16H15FN2O2S/c1-3-16(2,19(21)15(18)20)14-9-8-13(22-14)10-11-4-6-12(17)7-5-11/h1,4-9,21H,10H2,2H3,(H2,18,20). The summed E-state index contributed by atoms with van der Waals surface area (Å²) < 4.78 is 12.9. The molecule has 0 aliphatic heterocycles. The van der Waals surface area contributed by atoms with Crippen LogP contribution >= 0.6 is 11.3 Å². The summed E-state index contributed by atoms with van der Waals surface area (Å²) in [5, 5.41) is 10.2. The van der Waals surface area contributed by atoms with Gasteiger partial charge in [0, 0.05) is 16.2 Å². The Balaban J connectivity index is 2.25. The molecule has 0 saturated heterocycles. The number of hydrogen-bond donors (Lipinski definition) is 2. The van der Waals surface area contributed by atoms with Crippen molar-refractivity contribution in [1.29, 1.82) is 0 Å². The van der Waals surface area contributed by atoms with Crippen molar-refractivity contribution in [2.45, 2.75) is 18.9 Å². The Hall–Kier alpha value is -2.36. The Labute approximate surface area is 131 Å². The van der Waals surface area contributed by atoms with Crippen molar-refractivity contribution >= 4 is 17.4 Å². The fraction of sp³-hybridized carbons (Fsp3) is 0.188. The van der Waals surface area contributed by atoms with E-state index in [-0.39, 0.29) is 5.82 Å². The molecule has 1 aromatic carbocycles. The van der Waals surface area contributed by atoms with E-state index in [0.717, 1.165) is 10.4 Å². The minimum absolute atomic E-state index is 0.284. The van der Waals surface area contributed by atoms with Crippen LogP contribution in [0.4, 0.5) is 9.18 Å². The zero-order valence-electron chi connectivity index (χ0n) is 11.9. The molecule has 22 heavy (non-hydrogen) atoms. The van der Waals surface area contributed by atoms with Crippen LogP contribution in [0.1, 0.15) is 22.2 Å². The monoisotopic (exact) mass is 318 g/mol. The topological polar surface area (TPSA) is 66.6 Å². The van der Waals surface area contributed by atoms with Crippen LogP contribution in [-0.2, 0) is 12.0 Å². The third kappa shape index (κ3) is 3.11. The molecule has 6 heteroatoms. The van der Waals surface area contributed by atoms with E-state index in [9.17, 15) is 14.4 Å². The molecule has 1 aromatic heterocycles. The number of rotatable bonds is 4. The minimum atomic E-state index is -1.32. The molecule has 0 aliphatic carbocycles. The average Bonchev–Trinajstić information content (AvgIpc) is 2.97. The Morgan fingerprint density at radius 3 is 2.59 bits per heavy atom. The second kappa shape index (κ2) is 6.18. The van der Waals surface area contributed by atoms with Crippen molar-refractivity contribution in [1.82, 2.24) is 5.06 Å². The van der Waals surface area contributed by atoms with Gasteiger partial charge in [0.05, 0.1) is 0 Å². The minimum Gasteiger partial charge on any atom is -0.350 e. The molecule has 3 N–H and O–H groups in total. The summed E-state index contributed by atoms with van der Waals surface area (Å²) in [5.41, 5.74) is 4.72. The quantitative estimate of drug-likeness (QED) is 0.517. The molecular formula is C16H15FN2O2S. The molecule has 0 spiro atoms. The van der Waals surface area contributed by atoms with Crippen LogP contribution in [0.3, 0.4) is 0 Å². The van der Waals surface area contributed by atoms with Crippen molar-refractivity contribution in [3.05, 3.63) is 57.5 Å². The van der Waals surface area contributed by atoms with Crippen molar-refractivity contribution in [2.24, 2.45) is 5.73 Å². The average molecular weight is 318 g/mol. The van der Waals surface area contributed by atoms with Gasteiger partial charge in [0.15, 0.2) is 5.54 Å². The number of terminal acetylenes is 1. The summed E-state index contributed by atoms with van der Waals surface area (Å²) in [6.07, 6.45) is 6.07. The van der Waals surface area contributed by atoms with Crippen LogP contribution in [0.15, 0.2) is 36.4 Å². The lowest BCUT2D eigenvalue weighted by Gasteiger charge is -2.29. The van der Waals surface area contributed by atoms with Gasteiger partial charge in [-0.25, -0.2) is 9.18 Å². The Morgan fingerprint density at radius 2 is 2.05 bits per heavy atom. The SMILES string of the molecule is C#CC(C)(c1ccc(Cc2ccc(F)cc2)s1)N(O)C(N)=O. The summed E-state index contributed by atoms with van der Waals surface area (Å²) >= 11 is 1.36. The van der Waals surface area contributed by atoms with Gasteiger partial charge < -0.3 is 5.73 Å². The third-order valence-electron chi connectivity index (χ3n) is 3.35. The van der Waals surface area contributed by atoms with E-state index in [1.165, 1.54) is 30.4 Å². The van der Waals surface area contributed by atoms with Gasteiger partial charge in [0.2, 0.25) is 0 Å². The first-order valence-corrected chi connectivity index (χ1v) is 7.28. The predicted octanol–water partition coefficient (Wildman–Crippen LogP) is 3.10. The number of hydroxylamine groups is 2. The van der Waals surface area contributed by atoms with Crippen LogP contribution in [0.5, 0.6) is 0 Å². The molecule has 0 radical (unpaired) electrons. The summed E-state index contributed by atoms with van der Waals surface area (Å²) in [4.78, 5) is 12.8. The van der Waals surface area contributed by atoms with E-state index in [1.54, 1.807) is 18.2 Å². The highest BCUT2D eigenvalue weighted by Gasteiger charge is 2.35. The third-order valence-corrected chi connectivity index (χ3v) is 4.64. The number of carbonyl (C=O) groups excluding carboxylic acids is 1. The van der Waals surface area contributed by atoms with Crippen molar-refractivity contribution in [3.8, 4) is 12.3 Å². The fourth-order valence-electron chi connectivity index (χ4n) is 2.00. The molecule has 4 nitrogen and oxygen atoms in total. The van der Waals surface area contributed by atoms with Gasteiger partial charge in [-0.3, -0.25) is 5.21 Å². The molecule has 2 aromatic rings. The van der Waals surface area contributed by atoms with E-state index in [4.69, 9.17) is 12.2 Å². The summed E-state index contributed by atoms with van der Waals surface area (Å²) in [5.74, 6) is 2.11. The molecule has 0 aliphatic rings. The zero-order valence-corrected chi connectivity index (χ0v) is 12.7. The number of urea groups is 1. The Morgan fingerprint density at radius 1 is 1.41 bits per heavy atom. The summed E-state index contributed by atoms with van der Waals surface area (Å²) in [6.45, 7) is 1.53. The van der Waals surface area contributed by atoms with Gasteiger partial charge in [-0.1, -0.05) is 18.1 Å². The molecule has 1 heterocycles. The lowest BCUT2D eigenvalue weighted by Crippen LogP contribution is -2.46. The smallest absolute Gasteiger partial charge is 0.340 e. The molecular weight excluding hydrogens is 303 g/mol. The molecule has 2 amide bonds. The van der Waals surface area contributed by atoms with Crippen molar-refractivity contribution in [3.63, 3.8) is 0 Å². The number of thiophene rings is 1. The van der Waals surface area contributed by atoms with E-state index < -0.39 is 11.6 Å². The zero-order chi connectivity index (χ0) is 16.3. The molecule has 1 atom stereocenters. The maximum atomic E-state index is 12.9. The van der Waals surface area contributed by atoms with Crippen LogP contribution < -0.4 is 5.73 Å². The van der Waals surface area contributed by atoms with Gasteiger partial charge in [-0.2, -0.15) is 5.06 Å². The molecule has 0 saturated carbocycles. The maximum Gasteiger partial charge on any atom is 0.340 e. The number of carbonyl (C=O) groups is 1. The van der Waals surface area contributed by atoms with E-state index in [1.807, 2.05) is 6.07 Å². The molecule has 2 rings (SSSR count). The lowest BCUT2D eigenvalue weighted by molar-refractivity contribution is -0.0971. The highest BCUT2D eigenvalue weighted by atomic mass is 32.1. The number of nitrogens with two attached hydrogens (primary N) is 1. The molecule has 0 bridgehead atoms. The highest BCUT2D eigenvalue weighted by Crippen LogP contribution is 2.33. The second-order valence-electron chi connectivity index (χ2n) is 4.94. The van der Waals surface area contributed by atoms with Crippen LogP contribution in [0, 0.1) is 18.2 Å². The maximum absolute atomic E-state index is 12.9. The number of amides is 2. The molecule has 1 unspecified atom stereocenters. The Kier molecular flexibility index (Phi) is 4.50. The first-order valence-electron chi connectivity index (χ1n) is 6.47. The largest absolute Gasteiger partial charge is 0.350 e. The predicted molar refractivity (Wildman–Crippen MR) is 82.9 cm³/mol.